The Balaban J connectivity index is 1.78. The minimum atomic E-state index is -0.685. The summed E-state index contributed by atoms with van der Waals surface area (Å²) in [6, 6.07) is 16.5. The summed E-state index contributed by atoms with van der Waals surface area (Å²) in [6.45, 7) is 0. The first-order chi connectivity index (χ1) is 14.9. The number of carbonyl (C=O) groups is 2. The molecule has 0 fully saturated rings. The van der Waals surface area contributed by atoms with E-state index < -0.39 is 17.5 Å². The van der Waals surface area contributed by atoms with Crippen molar-refractivity contribution >= 4 is 39.8 Å². The van der Waals surface area contributed by atoms with Crippen molar-refractivity contribution in [3.8, 4) is 0 Å². The van der Waals surface area contributed by atoms with E-state index in [2.05, 4.69) is 10.4 Å². The quantitative estimate of drug-likeness (QED) is 0.487. The first kappa shape index (κ1) is 20.4. The van der Waals surface area contributed by atoms with Gasteiger partial charge in [0, 0.05) is 23.0 Å². The van der Waals surface area contributed by atoms with Gasteiger partial charge in [-0.25, -0.2) is 9.07 Å². The number of ketones is 1. The molecule has 0 spiro atoms. The van der Waals surface area contributed by atoms with Gasteiger partial charge in [0.25, 0.3) is 11.5 Å². The van der Waals surface area contributed by atoms with Crippen molar-refractivity contribution in [1.82, 2.24) is 9.78 Å². The number of benzene rings is 3. The lowest BCUT2D eigenvalue weighted by molar-refractivity contribution is 0.102. The van der Waals surface area contributed by atoms with Crippen molar-refractivity contribution in [2.75, 3.05) is 5.32 Å². The van der Waals surface area contributed by atoms with Crippen LogP contribution in [0.4, 0.5) is 10.1 Å². The molecule has 3 aromatic carbocycles. The number of aromatic nitrogens is 2. The van der Waals surface area contributed by atoms with Crippen LogP contribution in [0.1, 0.15) is 26.4 Å². The molecule has 31 heavy (non-hydrogen) atoms. The molecule has 1 aromatic heterocycles. The largest absolute Gasteiger partial charge is 0.320 e. The molecule has 0 saturated heterocycles. The molecule has 6 nitrogen and oxygen atoms in total. The van der Waals surface area contributed by atoms with E-state index in [0.29, 0.717) is 10.8 Å². The second-order valence-electron chi connectivity index (χ2n) is 6.78. The van der Waals surface area contributed by atoms with Crippen molar-refractivity contribution in [3.63, 3.8) is 0 Å². The van der Waals surface area contributed by atoms with Gasteiger partial charge in [0.2, 0.25) is 0 Å². The van der Waals surface area contributed by atoms with Gasteiger partial charge in [-0.05, 0) is 36.4 Å². The van der Waals surface area contributed by atoms with Crippen molar-refractivity contribution < 1.29 is 14.0 Å². The van der Waals surface area contributed by atoms with Crippen molar-refractivity contribution in [2.45, 2.75) is 0 Å². The fraction of sp³-hybridized carbons (Fsp3) is 0.0435. The Morgan fingerprint density at radius 2 is 1.65 bits per heavy atom. The molecule has 1 heterocycles. The van der Waals surface area contributed by atoms with Crippen molar-refractivity contribution in [1.29, 1.82) is 0 Å². The summed E-state index contributed by atoms with van der Waals surface area (Å²) in [5, 5.41) is 7.69. The SMILES string of the molecule is Cn1nc(C(=O)Nc2ccc(Cl)cc2C(=O)c2ccccc2F)c2ccccc2c1=O. The molecule has 0 aliphatic carbocycles. The van der Waals surface area contributed by atoms with Gasteiger partial charge in [0.1, 0.15) is 5.82 Å². The predicted octanol–water partition coefficient (Wildman–Crippen LogP) is 4.21. The van der Waals surface area contributed by atoms with Crippen LogP contribution in [-0.4, -0.2) is 21.5 Å². The Morgan fingerprint density at radius 3 is 2.39 bits per heavy atom. The number of nitrogens with zero attached hydrogens (tertiary/aromatic N) is 2. The monoisotopic (exact) mass is 435 g/mol. The van der Waals surface area contributed by atoms with Crippen molar-refractivity contribution in [2.24, 2.45) is 7.05 Å². The summed E-state index contributed by atoms with van der Waals surface area (Å²) in [4.78, 5) is 38.3. The fourth-order valence-corrected chi connectivity index (χ4v) is 3.42. The van der Waals surface area contributed by atoms with Gasteiger partial charge in [-0.15, -0.1) is 0 Å². The van der Waals surface area contributed by atoms with Gasteiger partial charge in [0.05, 0.1) is 16.6 Å². The molecule has 0 aliphatic heterocycles. The van der Waals surface area contributed by atoms with E-state index in [9.17, 15) is 18.8 Å². The summed E-state index contributed by atoms with van der Waals surface area (Å²) in [5.41, 5.74) is -0.306. The first-order valence-electron chi connectivity index (χ1n) is 9.23. The van der Waals surface area contributed by atoms with Crippen LogP contribution in [-0.2, 0) is 7.05 Å². The zero-order valence-corrected chi connectivity index (χ0v) is 17.0. The summed E-state index contributed by atoms with van der Waals surface area (Å²) >= 11 is 6.05. The van der Waals surface area contributed by atoms with Gasteiger partial charge in [-0.1, -0.05) is 41.9 Å². The number of hydrogen-bond donors (Lipinski definition) is 1. The van der Waals surface area contributed by atoms with Gasteiger partial charge in [-0.2, -0.15) is 5.10 Å². The molecule has 154 valence electrons. The number of halogens is 2. The summed E-state index contributed by atoms with van der Waals surface area (Å²) in [6.07, 6.45) is 0. The molecule has 0 saturated carbocycles. The Hall–Kier alpha value is -3.84. The number of carbonyl (C=O) groups excluding carboxylic acids is 2. The molecule has 1 N–H and O–H groups in total. The molecular formula is C23H15ClFN3O3. The van der Waals surface area contributed by atoms with E-state index in [0.717, 1.165) is 4.68 Å². The van der Waals surface area contributed by atoms with Crippen LogP contribution in [0.25, 0.3) is 10.8 Å². The number of fused-ring (bicyclic) bond motifs is 1. The minimum Gasteiger partial charge on any atom is -0.320 e. The van der Waals surface area contributed by atoms with Crippen LogP contribution in [0.2, 0.25) is 5.02 Å². The Labute approximate surface area is 180 Å². The molecule has 0 radical (unpaired) electrons. The average Bonchev–Trinajstić information content (AvgIpc) is 2.77. The lowest BCUT2D eigenvalue weighted by Gasteiger charge is -2.13. The van der Waals surface area contributed by atoms with E-state index in [1.54, 1.807) is 30.3 Å². The second-order valence-corrected chi connectivity index (χ2v) is 7.21. The third-order valence-electron chi connectivity index (χ3n) is 4.76. The molecule has 4 rings (SSSR count). The first-order valence-corrected chi connectivity index (χ1v) is 9.61. The van der Waals surface area contributed by atoms with Crippen LogP contribution in [0.3, 0.4) is 0 Å². The highest BCUT2D eigenvalue weighted by Gasteiger charge is 2.21. The normalized spacial score (nSPS) is 10.8. The summed E-state index contributed by atoms with van der Waals surface area (Å²) in [5.74, 6) is -1.94. The van der Waals surface area contributed by atoms with Gasteiger partial charge >= 0.3 is 0 Å². The number of aryl methyl sites for hydroxylation is 1. The highest BCUT2D eigenvalue weighted by molar-refractivity contribution is 6.31. The minimum absolute atomic E-state index is 0.0111. The van der Waals surface area contributed by atoms with Crippen LogP contribution in [0, 0.1) is 5.82 Å². The summed E-state index contributed by atoms with van der Waals surface area (Å²) in [7, 11) is 1.45. The van der Waals surface area contributed by atoms with E-state index in [-0.39, 0.29) is 33.1 Å². The topological polar surface area (TPSA) is 81.1 Å². The van der Waals surface area contributed by atoms with Crippen molar-refractivity contribution in [3.05, 3.63) is 105 Å². The van der Waals surface area contributed by atoms with Crippen LogP contribution >= 0.6 is 11.6 Å². The maximum atomic E-state index is 14.2. The van der Waals surface area contributed by atoms with Gasteiger partial charge in [0.15, 0.2) is 11.5 Å². The molecular weight excluding hydrogens is 421 g/mol. The molecule has 8 heteroatoms. The Morgan fingerprint density at radius 1 is 0.968 bits per heavy atom. The lowest BCUT2D eigenvalue weighted by atomic mass is 10.0. The highest BCUT2D eigenvalue weighted by Crippen LogP contribution is 2.25. The Kier molecular flexibility index (Phi) is 5.35. The third kappa shape index (κ3) is 3.83. The second kappa shape index (κ2) is 8.12. The Bertz CT molecular complexity index is 1420. The number of hydrogen-bond acceptors (Lipinski definition) is 4. The summed E-state index contributed by atoms with van der Waals surface area (Å²) < 4.78 is 15.2. The number of amides is 1. The zero-order chi connectivity index (χ0) is 22.1. The maximum absolute atomic E-state index is 14.2. The smallest absolute Gasteiger partial charge is 0.276 e. The number of anilines is 1. The van der Waals surface area contributed by atoms with E-state index in [4.69, 9.17) is 11.6 Å². The van der Waals surface area contributed by atoms with E-state index >= 15 is 0 Å². The predicted molar refractivity (Wildman–Crippen MR) is 116 cm³/mol. The molecule has 1 amide bonds. The number of nitrogens with one attached hydrogen (secondary N) is 1. The van der Waals surface area contributed by atoms with E-state index in [1.807, 2.05) is 0 Å². The van der Waals surface area contributed by atoms with Crippen LogP contribution in [0.15, 0.2) is 71.5 Å². The zero-order valence-electron chi connectivity index (χ0n) is 16.2. The molecule has 0 atom stereocenters. The standard InChI is InChI=1S/C23H15ClFN3O3/c1-28-23(31)15-7-3-2-6-14(15)20(27-28)22(30)26-19-11-10-13(24)12-17(19)21(29)16-8-4-5-9-18(16)25/h2-12H,1H3,(H,26,30). The highest BCUT2D eigenvalue weighted by atomic mass is 35.5. The van der Waals surface area contributed by atoms with Gasteiger partial charge in [-0.3, -0.25) is 14.4 Å². The van der Waals surface area contributed by atoms with E-state index in [1.165, 1.54) is 43.4 Å². The lowest BCUT2D eigenvalue weighted by Crippen LogP contribution is -2.25. The average molecular weight is 436 g/mol. The molecule has 4 aromatic rings. The van der Waals surface area contributed by atoms with Crippen LogP contribution < -0.4 is 10.9 Å². The third-order valence-corrected chi connectivity index (χ3v) is 5.00. The molecule has 0 aliphatic rings. The fourth-order valence-electron chi connectivity index (χ4n) is 3.25. The molecule has 0 bridgehead atoms. The maximum Gasteiger partial charge on any atom is 0.276 e. The molecule has 0 unspecified atom stereocenters. The number of rotatable bonds is 4. The van der Waals surface area contributed by atoms with Gasteiger partial charge < -0.3 is 5.32 Å². The van der Waals surface area contributed by atoms with Crippen LogP contribution in [0.5, 0.6) is 0 Å².